The summed E-state index contributed by atoms with van der Waals surface area (Å²) in [4.78, 5) is 11.7. The van der Waals surface area contributed by atoms with Crippen LogP contribution >= 0.6 is 0 Å². The maximum absolute atomic E-state index is 11.7. The smallest absolute Gasteiger partial charge is 0.306 e. The minimum atomic E-state index is -1.88. The van der Waals surface area contributed by atoms with Crippen LogP contribution in [-0.4, -0.2) is 37.7 Å². The van der Waals surface area contributed by atoms with Crippen LogP contribution in [0.15, 0.2) is 0 Å². The number of aliphatic hydroxyl groups is 1. The fraction of sp³-hybridized carbons (Fsp3) is 0.938. The number of hydrogen-bond acceptors (Lipinski definition) is 4. The predicted molar refractivity (Wildman–Crippen MR) is 88.9 cm³/mol. The number of rotatable bonds is 7. The monoisotopic (exact) mass is 318 g/mol. The van der Waals surface area contributed by atoms with E-state index in [-0.39, 0.29) is 23.7 Å². The van der Waals surface area contributed by atoms with Gasteiger partial charge in [0.05, 0.1) is 12.7 Å². The largest absolute Gasteiger partial charge is 0.460 e. The first-order valence-electron chi connectivity index (χ1n) is 7.79. The highest BCUT2D eigenvalue weighted by atomic mass is 28.4. The SMILES string of the molecule is CC(C)(C)OC(=O)CCC[C@@H](CO)O[Si](C)(C)C(C)(C)C. The molecule has 0 heterocycles. The number of carbonyl (C=O) groups is 1. The van der Waals surface area contributed by atoms with Gasteiger partial charge >= 0.3 is 5.97 Å². The van der Waals surface area contributed by atoms with Gasteiger partial charge in [0.1, 0.15) is 5.60 Å². The van der Waals surface area contributed by atoms with Crippen LogP contribution in [0.5, 0.6) is 0 Å². The summed E-state index contributed by atoms with van der Waals surface area (Å²) in [5.41, 5.74) is -0.439. The van der Waals surface area contributed by atoms with E-state index in [1.165, 1.54) is 0 Å². The van der Waals surface area contributed by atoms with E-state index in [2.05, 4.69) is 33.9 Å². The molecule has 0 unspecified atom stereocenters. The molecule has 0 fully saturated rings. The average Bonchev–Trinajstić information content (AvgIpc) is 2.23. The number of esters is 1. The molecule has 0 bridgehead atoms. The summed E-state index contributed by atoms with van der Waals surface area (Å²) >= 11 is 0. The van der Waals surface area contributed by atoms with Crippen molar-refractivity contribution in [2.24, 2.45) is 0 Å². The molecule has 0 spiro atoms. The molecular formula is C16H34O4Si. The molecule has 0 radical (unpaired) electrons. The van der Waals surface area contributed by atoms with Crippen LogP contribution in [0.4, 0.5) is 0 Å². The molecule has 4 nitrogen and oxygen atoms in total. The Hall–Kier alpha value is -0.393. The number of ether oxygens (including phenoxy) is 1. The molecule has 0 aliphatic carbocycles. The normalized spacial score (nSPS) is 14.9. The van der Waals surface area contributed by atoms with Gasteiger partial charge < -0.3 is 14.3 Å². The third kappa shape index (κ3) is 8.59. The van der Waals surface area contributed by atoms with Crippen LogP contribution in [-0.2, 0) is 14.0 Å². The zero-order chi connectivity index (χ0) is 16.9. The molecule has 5 heteroatoms. The topological polar surface area (TPSA) is 55.8 Å². The quantitative estimate of drug-likeness (QED) is 0.571. The third-order valence-electron chi connectivity index (χ3n) is 3.80. The first-order chi connectivity index (χ1) is 9.28. The lowest BCUT2D eigenvalue weighted by atomic mass is 10.1. The number of aliphatic hydroxyl groups excluding tert-OH is 1. The van der Waals surface area contributed by atoms with Crippen LogP contribution in [0.1, 0.15) is 60.8 Å². The van der Waals surface area contributed by atoms with Gasteiger partial charge in [-0.3, -0.25) is 4.79 Å². The zero-order valence-corrected chi connectivity index (χ0v) is 16.1. The van der Waals surface area contributed by atoms with E-state index < -0.39 is 13.9 Å². The summed E-state index contributed by atoms with van der Waals surface area (Å²) in [7, 11) is -1.88. The van der Waals surface area contributed by atoms with Crippen molar-refractivity contribution in [2.45, 2.75) is 90.6 Å². The molecule has 21 heavy (non-hydrogen) atoms. The fourth-order valence-electron chi connectivity index (χ4n) is 1.65. The van der Waals surface area contributed by atoms with E-state index in [4.69, 9.17) is 9.16 Å². The summed E-state index contributed by atoms with van der Waals surface area (Å²) in [6.07, 6.45) is 1.54. The highest BCUT2D eigenvalue weighted by Gasteiger charge is 2.38. The van der Waals surface area contributed by atoms with Gasteiger partial charge in [-0.2, -0.15) is 0 Å². The molecule has 0 rings (SSSR count). The summed E-state index contributed by atoms with van der Waals surface area (Å²) in [5, 5.41) is 9.60. The highest BCUT2D eigenvalue weighted by Crippen LogP contribution is 2.37. The summed E-state index contributed by atoms with van der Waals surface area (Å²) < 4.78 is 11.4. The lowest BCUT2D eigenvalue weighted by molar-refractivity contribution is -0.155. The molecule has 126 valence electrons. The first-order valence-corrected chi connectivity index (χ1v) is 10.7. The van der Waals surface area contributed by atoms with Gasteiger partial charge in [0.2, 0.25) is 0 Å². The van der Waals surface area contributed by atoms with Crippen molar-refractivity contribution in [1.29, 1.82) is 0 Å². The van der Waals surface area contributed by atoms with E-state index in [1.807, 2.05) is 20.8 Å². The maximum atomic E-state index is 11.7. The summed E-state index contributed by atoms with van der Waals surface area (Å²) in [6, 6.07) is 0. The Bertz CT molecular complexity index is 326. The fourth-order valence-corrected chi connectivity index (χ4v) is 3.03. The molecular weight excluding hydrogens is 284 g/mol. The second-order valence-corrected chi connectivity index (χ2v) is 12.9. The lowest BCUT2D eigenvalue weighted by Crippen LogP contribution is -2.44. The van der Waals surface area contributed by atoms with Crippen LogP contribution in [0.3, 0.4) is 0 Å². The molecule has 0 saturated heterocycles. The summed E-state index contributed by atoms with van der Waals surface area (Å²) in [6.45, 7) is 16.5. The first kappa shape index (κ1) is 20.6. The van der Waals surface area contributed by atoms with Gasteiger partial charge in [-0.25, -0.2) is 0 Å². The number of hydrogen-bond donors (Lipinski definition) is 1. The van der Waals surface area contributed by atoms with Crippen molar-refractivity contribution in [3.63, 3.8) is 0 Å². The van der Waals surface area contributed by atoms with Crippen molar-refractivity contribution in [3.8, 4) is 0 Å². The van der Waals surface area contributed by atoms with Gasteiger partial charge in [-0.05, 0) is 51.7 Å². The van der Waals surface area contributed by atoms with Crippen LogP contribution in [0.2, 0.25) is 18.1 Å². The Morgan fingerprint density at radius 1 is 1.14 bits per heavy atom. The molecule has 0 aromatic heterocycles. The van der Waals surface area contributed by atoms with Crippen molar-refractivity contribution < 1.29 is 19.1 Å². The van der Waals surface area contributed by atoms with Gasteiger partial charge in [0.25, 0.3) is 0 Å². The van der Waals surface area contributed by atoms with Crippen molar-refractivity contribution in [3.05, 3.63) is 0 Å². The van der Waals surface area contributed by atoms with Crippen molar-refractivity contribution >= 4 is 14.3 Å². The molecule has 0 aliphatic heterocycles. The van der Waals surface area contributed by atoms with Gasteiger partial charge in [-0.1, -0.05) is 20.8 Å². The summed E-state index contributed by atoms with van der Waals surface area (Å²) in [5.74, 6) is -0.188. The third-order valence-corrected chi connectivity index (χ3v) is 8.33. The van der Waals surface area contributed by atoms with E-state index >= 15 is 0 Å². The van der Waals surface area contributed by atoms with E-state index in [0.717, 1.165) is 0 Å². The molecule has 0 saturated carbocycles. The molecule has 0 aliphatic rings. The average molecular weight is 319 g/mol. The van der Waals surface area contributed by atoms with Crippen LogP contribution < -0.4 is 0 Å². The molecule has 0 aromatic rings. The van der Waals surface area contributed by atoms with E-state index in [1.54, 1.807) is 0 Å². The van der Waals surface area contributed by atoms with E-state index in [9.17, 15) is 9.90 Å². The highest BCUT2D eigenvalue weighted by molar-refractivity contribution is 6.74. The van der Waals surface area contributed by atoms with Crippen LogP contribution in [0, 0.1) is 0 Å². The molecule has 0 amide bonds. The second kappa shape index (κ2) is 7.74. The minimum absolute atomic E-state index is 0.000822. The van der Waals surface area contributed by atoms with Crippen molar-refractivity contribution in [2.75, 3.05) is 6.61 Å². The van der Waals surface area contributed by atoms with Gasteiger partial charge in [0, 0.05) is 6.42 Å². The molecule has 1 N–H and O–H groups in total. The minimum Gasteiger partial charge on any atom is -0.460 e. The molecule has 1 atom stereocenters. The van der Waals surface area contributed by atoms with Gasteiger partial charge in [-0.15, -0.1) is 0 Å². The Labute approximate surface area is 131 Å². The molecule has 0 aromatic carbocycles. The van der Waals surface area contributed by atoms with Crippen LogP contribution in [0.25, 0.3) is 0 Å². The Morgan fingerprint density at radius 3 is 2.05 bits per heavy atom. The Balaban J connectivity index is 4.27. The Kier molecular flexibility index (Phi) is 7.60. The van der Waals surface area contributed by atoms with Gasteiger partial charge in [0.15, 0.2) is 8.32 Å². The predicted octanol–water partition coefficient (Wildman–Crippen LogP) is 3.88. The second-order valence-electron chi connectivity index (χ2n) is 8.16. The zero-order valence-electron chi connectivity index (χ0n) is 15.1. The standard InChI is InChI=1S/C16H34O4Si/c1-15(2,3)19-14(18)11-9-10-13(12-17)20-21(7,8)16(4,5)6/h13,17H,9-12H2,1-8H3/t13-/m0/s1. The number of carbonyl (C=O) groups excluding carboxylic acids is 1. The maximum Gasteiger partial charge on any atom is 0.306 e. The van der Waals surface area contributed by atoms with E-state index in [0.29, 0.717) is 19.3 Å². The Morgan fingerprint density at radius 2 is 1.67 bits per heavy atom. The lowest BCUT2D eigenvalue weighted by Gasteiger charge is -2.39. The van der Waals surface area contributed by atoms with Crippen molar-refractivity contribution in [1.82, 2.24) is 0 Å².